The van der Waals surface area contributed by atoms with Crippen molar-refractivity contribution in [1.29, 1.82) is 0 Å². The number of ether oxygens (including phenoxy) is 1. The first-order valence-electron chi connectivity index (χ1n) is 9.13. The molecule has 0 saturated carbocycles. The van der Waals surface area contributed by atoms with Crippen molar-refractivity contribution in [3.05, 3.63) is 47.3 Å². The fraction of sp³-hybridized carbons (Fsp3) is 0.450. The molecule has 0 saturated heterocycles. The second-order valence-electron chi connectivity index (χ2n) is 7.60. The van der Waals surface area contributed by atoms with Gasteiger partial charge >= 0.3 is 5.97 Å². The van der Waals surface area contributed by atoms with Crippen LogP contribution in [0.15, 0.2) is 30.3 Å². The largest absolute Gasteiger partial charge is 0.456 e. The number of carbonyl (C=O) groups is 2. The van der Waals surface area contributed by atoms with Crippen molar-refractivity contribution in [3.63, 3.8) is 0 Å². The number of benzene rings is 1. The normalized spacial score (nSPS) is 12.5. The van der Waals surface area contributed by atoms with Crippen LogP contribution < -0.4 is 11.1 Å². The molecule has 8 nitrogen and oxygen atoms in total. The van der Waals surface area contributed by atoms with Gasteiger partial charge in [0.25, 0.3) is 0 Å². The van der Waals surface area contributed by atoms with Gasteiger partial charge < -0.3 is 20.9 Å². The first kappa shape index (κ1) is 21.6. The lowest BCUT2D eigenvalue weighted by atomic mass is 10.1. The van der Waals surface area contributed by atoms with Gasteiger partial charge in [0.1, 0.15) is 5.60 Å². The quantitative estimate of drug-likeness (QED) is 0.621. The number of anilines is 1. The van der Waals surface area contributed by atoms with Crippen LogP contribution in [-0.4, -0.2) is 45.0 Å². The van der Waals surface area contributed by atoms with Crippen molar-refractivity contribution in [2.24, 2.45) is 5.73 Å². The van der Waals surface area contributed by atoms with E-state index in [2.05, 4.69) is 10.4 Å². The Hall–Kier alpha value is -2.71. The highest BCUT2D eigenvalue weighted by molar-refractivity contribution is 5.95. The average molecular weight is 388 g/mol. The SMILES string of the molecule is Cc1cc(CC(N)C(=O)Nc2ccc(C(=O)OC(C)(C)C)cc2)nn1CCO. The molecule has 1 atom stereocenters. The van der Waals surface area contributed by atoms with Crippen LogP contribution in [0.2, 0.25) is 0 Å². The Morgan fingerprint density at radius 1 is 1.29 bits per heavy atom. The van der Waals surface area contributed by atoms with E-state index in [4.69, 9.17) is 15.6 Å². The maximum atomic E-state index is 12.3. The predicted octanol–water partition coefficient (Wildman–Crippen LogP) is 1.65. The van der Waals surface area contributed by atoms with E-state index < -0.39 is 17.6 Å². The Bertz CT molecular complexity index is 822. The Morgan fingerprint density at radius 3 is 2.50 bits per heavy atom. The van der Waals surface area contributed by atoms with Gasteiger partial charge in [0, 0.05) is 17.8 Å². The first-order chi connectivity index (χ1) is 13.1. The van der Waals surface area contributed by atoms with Crippen molar-refractivity contribution in [2.45, 2.75) is 52.3 Å². The summed E-state index contributed by atoms with van der Waals surface area (Å²) in [6, 6.07) is 7.51. The molecule has 0 bridgehead atoms. The molecule has 4 N–H and O–H groups in total. The molecular weight excluding hydrogens is 360 g/mol. The Balaban J connectivity index is 1.94. The summed E-state index contributed by atoms with van der Waals surface area (Å²) in [5.41, 5.74) is 7.95. The third kappa shape index (κ3) is 6.17. The van der Waals surface area contributed by atoms with E-state index in [1.807, 2.05) is 13.0 Å². The van der Waals surface area contributed by atoms with E-state index in [1.54, 1.807) is 49.7 Å². The smallest absolute Gasteiger partial charge is 0.338 e. The van der Waals surface area contributed by atoms with Crippen LogP contribution in [0, 0.1) is 6.92 Å². The Labute approximate surface area is 164 Å². The number of aromatic nitrogens is 2. The average Bonchev–Trinajstić information content (AvgIpc) is 2.93. The van der Waals surface area contributed by atoms with Crippen molar-refractivity contribution in [1.82, 2.24) is 9.78 Å². The van der Waals surface area contributed by atoms with E-state index in [1.165, 1.54) is 0 Å². The molecule has 152 valence electrons. The highest BCUT2D eigenvalue weighted by Gasteiger charge is 2.19. The number of aliphatic hydroxyl groups excluding tert-OH is 1. The zero-order chi connectivity index (χ0) is 20.9. The van der Waals surface area contributed by atoms with E-state index >= 15 is 0 Å². The van der Waals surface area contributed by atoms with Crippen LogP contribution in [0.3, 0.4) is 0 Å². The van der Waals surface area contributed by atoms with Gasteiger partial charge in [-0.05, 0) is 58.0 Å². The van der Waals surface area contributed by atoms with Crippen LogP contribution in [0.4, 0.5) is 5.69 Å². The number of amides is 1. The lowest BCUT2D eigenvalue weighted by Gasteiger charge is -2.19. The minimum absolute atomic E-state index is 0.00616. The number of nitrogens with one attached hydrogen (secondary N) is 1. The van der Waals surface area contributed by atoms with Gasteiger partial charge in [-0.15, -0.1) is 0 Å². The van der Waals surface area contributed by atoms with Gasteiger partial charge in [0.15, 0.2) is 0 Å². The number of hydrogen-bond acceptors (Lipinski definition) is 6. The van der Waals surface area contributed by atoms with Crippen LogP contribution >= 0.6 is 0 Å². The molecule has 0 fully saturated rings. The summed E-state index contributed by atoms with van der Waals surface area (Å²) in [5, 5.41) is 16.1. The van der Waals surface area contributed by atoms with Gasteiger partial charge in [0.2, 0.25) is 5.91 Å². The molecule has 1 aromatic heterocycles. The first-order valence-corrected chi connectivity index (χ1v) is 9.13. The molecule has 0 aliphatic rings. The van der Waals surface area contributed by atoms with Crippen LogP contribution in [-0.2, 0) is 22.5 Å². The highest BCUT2D eigenvalue weighted by Crippen LogP contribution is 2.15. The maximum absolute atomic E-state index is 12.3. The fourth-order valence-corrected chi connectivity index (χ4v) is 2.58. The standard InChI is InChI=1S/C20H28N4O4/c1-13-11-16(23-24(13)9-10-25)12-17(21)18(26)22-15-7-5-14(6-8-15)19(27)28-20(2,3)4/h5-8,11,17,25H,9-10,12,21H2,1-4H3,(H,22,26). The van der Waals surface area contributed by atoms with Crippen molar-refractivity contribution in [3.8, 4) is 0 Å². The van der Waals surface area contributed by atoms with Gasteiger partial charge in [0.05, 0.1) is 30.5 Å². The lowest BCUT2D eigenvalue weighted by molar-refractivity contribution is -0.117. The summed E-state index contributed by atoms with van der Waals surface area (Å²) in [7, 11) is 0. The zero-order valence-electron chi connectivity index (χ0n) is 16.7. The third-order valence-corrected chi connectivity index (χ3v) is 3.90. The molecule has 0 aliphatic heterocycles. The second kappa shape index (κ2) is 8.99. The summed E-state index contributed by atoms with van der Waals surface area (Å²) < 4.78 is 6.98. The number of nitrogens with two attached hydrogens (primary N) is 1. The Morgan fingerprint density at radius 2 is 1.93 bits per heavy atom. The van der Waals surface area contributed by atoms with E-state index in [0.717, 1.165) is 5.69 Å². The van der Waals surface area contributed by atoms with Gasteiger partial charge in [-0.25, -0.2) is 4.79 Å². The second-order valence-corrected chi connectivity index (χ2v) is 7.60. The molecule has 0 aliphatic carbocycles. The predicted molar refractivity (Wildman–Crippen MR) is 106 cm³/mol. The number of hydrogen-bond donors (Lipinski definition) is 3. The number of nitrogens with zero attached hydrogens (tertiary/aromatic N) is 2. The van der Waals surface area contributed by atoms with Crippen molar-refractivity contribution < 1.29 is 19.4 Å². The summed E-state index contributed by atoms with van der Waals surface area (Å²) in [6.45, 7) is 7.68. The van der Waals surface area contributed by atoms with Crippen LogP contribution in [0.25, 0.3) is 0 Å². The summed E-state index contributed by atoms with van der Waals surface area (Å²) in [5.74, 6) is -0.768. The molecular formula is C20H28N4O4. The minimum atomic E-state index is -0.776. The molecule has 0 spiro atoms. The summed E-state index contributed by atoms with van der Waals surface area (Å²) in [4.78, 5) is 24.4. The number of esters is 1. The number of carbonyl (C=O) groups excluding carboxylic acids is 2. The lowest BCUT2D eigenvalue weighted by Crippen LogP contribution is -2.37. The van der Waals surface area contributed by atoms with E-state index in [-0.39, 0.29) is 18.9 Å². The molecule has 1 amide bonds. The zero-order valence-corrected chi connectivity index (χ0v) is 16.7. The number of rotatable bonds is 7. The molecule has 0 radical (unpaired) electrons. The molecule has 8 heteroatoms. The van der Waals surface area contributed by atoms with Crippen molar-refractivity contribution >= 4 is 17.6 Å². The topological polar surface area (TPSA) is 119 Å². The highest BCUT2D eigenvalue weighted by atomic mass is 16.6. The molecule has 1 heterocycles. The van der Waals surface area contributed by atoms with Crippen molar-refractivity contribution in [2.75, 3.05) is 11.9 Å². The molecule has 1 unspecified atom stereocenters. The van der Waals surface area contributed by atoms with Crippen LogP contribution in [0.5, 0.6) is 0 Å². The molecule has 28 heavy (non-hydrogen) atoms. The monoisotopic (exact) mass is 388 g/mol. The van der Waals surface area contributed by atoms with Crippen LogP contribution in [0.1, 0.15) is 42.5 Å². The maximum Gasteiger partial charge on any atom is 0.338 e. The summed E-state index contributed by atoms with van der Waals surface area (Å²) >= 11 is 0. The molecule has 2 rings (SSSR count). The van der Waals surface area contributed by atoms with E-state index in [9.17, 15) is 9.59 Å². The number of aliphatic hydroxyl groups is 1. The molecule has 1 aromatic carbocycles. The Kier molecular flexibility index (Phi) is 6.93. The fourth-order valence-electron chi connectivity index (χ4n) is 2.58. The van der Waals surface area contributed by atoms with Gasteiger partial charge in [-0.3, -0.25) is 9.48 Å². The third-order valence-electron chi connectivity index (χ3n) is 3.90. The van der Waals surface area contributed by atoms with Gasteiger partial charge in [-0.2, -0.15) is 5.10 Å². The van der Waals surface area contributed by atoms with E-state index in [0.29, 0.717) is 23.5 Å². The van der Waals surface area contributed by atoms with Gasteiger partial charge in [-0.1, -0.05) is 0 Å². The minimum Gasteiger partial charge on any atom is -0.456 e. The molecule has 2 aromatic rings. The number of aryl methyl sites for hydroxylation is 1. The summed E-state index contributed by atoms with van der Waals surface area (Å²) in [6.07, 6.45) is 0.279.